The maximum atomic E-state index is 13.3. The lowest BCUT2D eigenvalue weighted by atomic mass is 10.1. The third kappa shape index (κ3) is 7.22. The number of pyridine rings is 1. The molecule has 0 saturated heterocycles. The number of alkyl carbamates (subject to hydrolysis) is 1. The molecule has 2 aromatic heterocycles. The Morgan fingerprint density at radius 1 is 0.902 bits per heavy atom. The van der Waals surface area contributed by atoms with Crippen molar-refractivity contribution in [3.8, 4) is 0 Å². The summed E-state index contributed by atoms with van der Waals surface area (Å²) in [5.74, 6) is -0.767. The SMILES string of the molecule is CC(C)(C)OC(=O)NCCCN(Cc1c(CN2C(=O)c3ccccc3C2=O)nc2ccccn12)C(=O)OC(C)(C)C. The first kappa shape index (κ1) is 29.6. The van der Waals surface area contributed by atoms with Crippen LogP contribution >= 0.6 is 0 Å². The Hall–Kier alpha value is -4.41. The fourth-order valence-electron chi connectivity index (χ4n) is 4.44. The van der Waals surface area contributed by atoms with Gasteiger partial charge in [-0.25, -0.2) is 14.6 Å². The first-order valence-electron chi connectivity index (χ1n) is 13.6. The zero-order valence-corrected chi connectivity index (χ0v) is 24.4. The van der Waals surface area contributed by atoms with Crippen molar-refractivity contribution < 1.29 is 28.7 Å². The zero-order chi connectivity index (χ0) is 29.9. The number of aromatic nitrogens is 2. The molecule has 0 saturated carbocycles. The molecule has 11 heteroatoms. The van der Waals surface area contributed by atoms with Gasteiger partial charge in [0.05, 0.1) is 35.6 Å². The van der Waals surface area contributed by atoms with E-state index in [2.05, 4.69) is 5.32 Å². The molecule has 218 valence electrons. The largest absolute Gasteiger partial charge is 0.444 e. The number of imide groups is 1. The number of rotatable bonds is 8. The number of carbonyl (C=O) groups is 4. The van der Waals surface area contributed by atoms with E-state index in [0.717, 1.165) is 0 Å². The number of fused-ring (bicyclic) bond motifs is 2. The molecule has 3 heterocycles. The van der Waals surface area contributed by atoms with Crippen LogP contribution in [0.3, 0.4) is 0 Å². The second-order valence-corrected chi connectivity index (χ2v) is 11.9. The van der Waals surface area contributed by atoms with Gasteiger partial charge in [0, 0.05) is 19.3 Å². The van der Waals surface area contributed by atoms with Crippen LogP contribution in [0.4, 0.5) is 9.59 Å². The number of imidazole rings is 1. The van der Waals surface area contributed by atoms with Gasteiger partial charge in [-0.3, -0.25) is 14.5 Å². The second kappa shape index (κ2) is 11.6. The van der Waals surface area contributed by atoms with Gasteiger partial charge in [-0.2, -0.15) is 0 Å². The number of amides is 4. The molecule has 4 rings (SSSR count). The number of nitrogens with zero attached hydrogens (tertiary/aromatic N) is 4. The first-order valence-corrected chi connectivity index (χ1v) is 13.6. The molecule has 1 N–H and O–H groups in total. The summed E-state index contributed by atoms with van der Waals surface area (Å²) >= 11 is 0. The van der Waals surface area contributed by atoms with Crippen LogP contribution in [0.5, 0.6) is 0 Å². The van der Waals surface area contributed by atoms with Crippen LogP contribution in [0, 0.1) is 0 Å². The Morgan fingerprint density at radius 3 is 2.12 bits per heavy atom. The van der Waals surface area contributed by atoms with Crippen molar-refractivity contribution in [2.75, 3.05) is 13.1 Å². The standard InChI is InChI=1S/C30H37N5O6/c1-29(2,3)40-27(38)31-15-11-16-33(28(39)41-30(4,5)6)19-23-22(32-24-14-9-10-17-34(23)24)18-35-25(36)20-12-7-8-13-21(20)26(35)37/h7-10,12-14,17H,11,15-16,18-19H2,1-6H3,(H,31,38). The molecular weight excluding hydrogens is 526 g/mol. The van der Waals surface area contributed by atoms with E-state index in [9.17, 15) is 19.2 Å². The van der Waals surface area contributed by atoms with Gasteiger partial charge in [-0.15, -0.1) is 0 Å². The number of nitrogens with one attached hydrogen (secondary N) is 1. The van der Waals surface area contributed by atoms with Crippen LogP contribution in [-0.4, -0.2) is 67.5 Å². The molecular formula is C30H37N5O6. The Morgan fingerprint density at radius 2 is 1.51 bits per heavy atom. The van der Waals surface area contributed by atoms with E-state index in [4.69, 9.17) is 14.5 Å². The average molecular weight is 564 g/mol. The van der Waals surface area contributed by atoms with E-state index in [1.54, 1.807) is 65.8 Å². The van der Waals surface area contributed by atoms with Crippen molar-refractivity contribution in [3.63, 3.8) is 0 Å². The minimum Gasteiger partial charge on any atom is -0.444 e. The Labute approximate surface area is 239 Å². The predicted molar refractivity (Wildman–Crippen MR) is 151 cm³/mol. The summed E-state index contributed by atoms with van der Waals surface area (Å²) in [5, 5.41) is 2.71. The summed E-state index contributed by atoms with van der Waals surface area (Å²) in [7, 11) is 0. The molecule has 1 aliphatic heterocycles. The van der Waals surface area contributed by atoms with Gasteiger partial charge in [0.2, 0.25) is 0 Å². The molecule has 0 atom stereocenters. The maximum Gasteiger partial charge on any atom is 0.410 e. The highest BCUT2D eigenvalue weighted by molar-refractivity contribution is 6.21. The van der Waals surface area contributed by atoms with Crippen molar-refractivity contribution in [3.05, 3.63) is 71.2 Å². The number of carbonyl (C=O) groups excluding carboxylic acids is 4. The summed E-state index contributed by atoms with van der Waals surface area (Å²) in [6, 6.07) is 12.2. The Bertz CT molecular complexity index is 1430. The first-order chi connectivity index (χ1) is 19.2. The van der Waals surface area contributed by atoms with Gasteiger partial charge in [0.1, 0.15) is 16.8 Å². The normalized spacial score (nSPS) is 13.4. The second-order valence-electron chi connectivity index (χ2n) is 11.9. The molecule has 1 aliphatic rings. The molecule has 0 fully saturated rings. The quantitative estimate of drug-likeness (QED) is 0.309. The molecule has 3 aromatic rings. The van der Waals surface area contributed by atoms with E-state index in [1.807, 2.05) is 28.8 Å². The Balaban J connectivity index is 1.57. The van der Waals surface area contributed by atoms with E-state index >= 15 is 0 Å². The van der Waals surface area contributed by atoms with Gasteiger partial charge < -0.3 is 24.1 Å². The summed E-state index contributed by atoms with van der Waals surface area (Å²) in [5.41, 5.74) is 1.11. The third-order valence-corrected chi connectivity index (χ3v) is 6.16. The maximum absolute atomic E-state index is 13.3. The molecule has 4 amide bonds. The number of hydrogen-bond donors (Lipinski definition) is 1. The Kier molecular flexibility index (Phi) is 8.37. The average Bonchev–Trinajstić information content (AvgIpc) is 3.34. The summed E-state index contributed by atoms with van der Waals surface area (Å²) in [6.07, 6.45) is 1.18. The fourth-order valence-corrected chi connectivity index (χ4v) is 4.44. The van der Waals surface area contributed by atoms with Crippen LogP contribution in [0.25, 0.3) is 5.65 Å². The monoisotopic (exact) mass is 563 g/mol. The zero-order valence-electron chi connectivity index (χ0n) is 24.4. The highest BCUT2D eigenvalue weighted by Crippen LogP contribution is 2.26. The lowest BCUT2D eigenvalue weighted by Gasteiger charge is -2.28. The van der Waals surface area contributed by atoms with Gasteiger partial charge in [0.15, 0.2) is 0 Å². The lowest BCUT2D eigenvalue weighted by Crippen LogP contribution is -2.39. The van der Waals surface area contributed by atoms with Crippen molar-refractivity contribution in [2.24, 2.45) is 0 Å². The topological polar surface area (TPSA) is 123 Å². The summed E-state index contributed by atoms with van der Waals surface area (Å²) < 4.78 is 12.8. The minimum absolute atomic E-state index is 0.0499. The molecule has 41 heavy (non-hydrogen) atoms. The van der Waals surface area contributed by atoms with Crippen molar-refractivity contribution in [1.29, 1.82) is 0 Å². The van der Waals surface area contributed by atoms with Gasteiger partial charge in [-0.05, 0) is 72.2 Å². The molecule has 0 aliphatic carbocycles. The van der Waals surface area contributed by atoms with Crippen LogP contribution in [0.1, 0.15) is 80.1 Å². The van der Waals surface area contributed by atoms with Crippen molar-refractivity contribution >= 4 is 29.6 Å². The van der Waals surface area contributed by atoms with Crippen LogP contribution in [0.15, 0.2) is 48.7 Å². The van der Waals surface area contributed by atoms with E-state index in [-0.39, 0.29) is 38.0 Å². The lowest BCUT2D eigenvalue weighted by molar-refractivity contribution is 0.0226. The molecule has 1 aromatic carbocycles. The molecule has 0 spiro atoms. The minimum atomic E-state index is -0.730. The number of benzene rings is 1. The van der Waals surface area contributed by atoms with Crippen molar-refractivity contribution in [1.82, 2.24) is 24.5 Å². The third-order valence-electron chi connectivity index (χ3n) is 6.16. The molecule has 0 unspecified atom stereocenters. The smallest absolute Gasteiger partial charge is 0.410 e. The van der Waals surface area contributed by atoms with E-state index in [0.29, 0.717) is 34.6 Å². The molecule has 0 bridgehead atoms. The van der Waals surface area contributed by atoms with Gasteiger partial charge in [-0.1, -0.05) is 18.2 Å². The number of ether oxygens (including phenoxy) is 2. The molecule has 11 nitrogen and oxygen atoms in total. The van der Waals surface area contributed by atoms with Crippen LogP contribution in [0.2, 0.25) is 0 Å². The van der Waals surface area contributed by atoms with Gasteiger partial charge >= 0.3 is 12.2 Å². The van der Waals surface area contributed by atoms with E-state index in [1.165, 1.54) is 9.80 Å². The summed E-state index contributed by atoms with van der Waals surface area (Å²) in [6.45, 7) is 11.3. The van der Waals surface area contributed by atoms with Crippen molar-refractivity contribution in [2.45, 2.75) is 72.3 Å². The van der Waals surface area contributed by atoms with Crippen LogP contribution < -0.4 is 5.32 Å². The fraction of sp³-hybridized carbons (Fsp3) is 0.433. The molecule has 0 radical (unpaired) electrons. The highest BCUT2D eigenvalue weighted by atomic mass is 16.6. The number of hydrogen-bond acceptors (Lipinski definition) is 7. The van der Waals surface area contributed by atoms with Crippen LogP contribution in [-0.2, 0) is 22.6 Å². The highest BCUT2D eigenvalue weighted by Gasteiger charge is 2.36. The predicted octanol–water partition coefficient (Wildman–Crippen LogP) is 4.78. The van der Waals surface area contributed by atoms with Gasteiger partial charge in [0.25, 0.3) is 11.8 Å². The summed E-state index contributed by atoms with van der Waals surface area (Å²) in [4.78, 5) is 58.9. The van der Waals surface area contributed by atoms with E-state index < -0.39 is 23.4 Å².